The van der Waals surface area contributed by atoms with Crippen LogP contribution in [0.3, 0.4) is 0 Å². The minimum atomic E-state index is -0.361. The van der Waals surface area contributed by atoms with E-state index in [-0.39, 0.29) is 23.4 Å². The lowest BCUT2D eigenvalue weighted by Crippen LogP contribution is -2.13. The Bertz CT molecular complexity index is 881. The molecule has 1 aromatic carbocycles. The maximum atomic E-state index is 12.8. The average molecular weight is 409 g/mol. The minimum absolute atomic E-state index is 0.134. The van der Waals surface area contributed by atoms with Gasteiger partial charge in [-0.3, -0.25) is 9.59 Å². The van der Waals surface area contributed by atoms with E-state index in [4.69, 9.17) is 0 Å². The molecule has 3 rings (SSSR count). The Labute approximate surface area is 160 Å². The van der Waals surface area contributed by atoms with Crippen molar-refractivity contribution >= 4 is 57.1 Å². The Kier molecular flexibility index (Phi) is 6.31. The SMILES string of the molecule is O=C(CSc1nnc(NC(=O)Cc2cccs2)s1)Nc1ccc(F)cc1. The van der Waals surface area contributed by atoms with Gasteiger partial charge in [0.15, 0.2) is 4.34 Å². The van der Waals surface area contributed by atoms with Gasteiger partial charge in [0.2, 0.25) is 16.9 Å². The molecule has 6 nitrogen and oxygen atoms in total. The first kappa shape index (κ1) is 18.5. The van der Waals surface area contributed by atoms with Gasteiger partial charge < -0.3 is 10.6 Å². The molecule has 2 N–H and O–H groups in total. The van der Waals surface area contributed by atoms with E-state index in [9.17, 15) is 14.0 Å². The number of hydrogen-bond donors (Lipinski definition) is 2. The highest BCUT2D eigenvalue weighted by Crippen LogP contribution is 2.25. The Morgan fingerprint density at radius 3 is 2.62 bits per heavy atom. The molecule has 0 fully saturated rings. The summed E-state index contributed by atoms with van der Waals surface area (Å²) in [6.45, 7) is 0. The number of carbonyl (C=O) groups excluding carboxylic acids is 2. The maximum absolute atomic E-state index is 12.8. The Morgan fingerprint density at radius 2 is 1.88 bits per heavy atom. The molecule has 0 spiro atoms. The molecule has 26 heavy (non-hydrogen) atoms. The molecule has 0 atom stereocenters. The molecule has 0 aliphatic rings. The smallest absolute Gasteiger partial charge is 0.234 e. The number of amides is 2. The monoisotopic (exact) mass is 408 g/mol. The Balaban J connectivity index is 1.45. The van der Waals surface area contributed by atoms with Gasteiger partial charge in [0, 0.05) is 10.6 Å². The molecule has 10 heteroatoms. The predicted molar refractivity (Wildman–Crippen MR) is 102 cm³/mol. The number of halogens is 1. The number of hydrogen-bond acceptors (Lipinski definition) is 7. The van der Waals surface area contributed by atoms with Crippen LogP contribution < -0.4 is 10.6 Å². The molecule has 0 aliphatic carbocycles. The average Bonchev–Trinajstić information content (AvgIpc) is 3.27. The molecular formula is C16H13FN4O2S3. The van der Waals surface area contributed by atoms with Crippen LogP contribution in [0.4, 0.5) is 15.2 Å². The van der Waals surface area contributed by atoms with Gasteiger partial charge in [0.05, 0.1) is 12.2 Å². The molecule has 0 aliphatic heterocycles. The third-order valence-corrected chi connectivity index (χ3v) is 5.87. The van der Waals surface area contributed by atoms with E-state index in [1.54, 1.807) is 0 Å². The lowest BCUT2D eigenvalue weighted by Gasteiger charge is -2.03. The molecule has 0 saturated carbocycles. The quantitative estimate of drug-likeness (QED) is 0.461. The zero-order chi connectivity index (χ0) is 18.4. The van der Waals surface area contributed by atoms with Crippen LogP contribution in [0.2, 0.25) is 0 Å². The highest BCUT2D eigenvalue weighted by Gasteiger charge is 2.11. The Hall–Kier alpha value is -2.30. The number of thiophene rings is 1. The summed E-state index contributed by atoms with van der Waals surface area (Å²) in [6.07, 6.45) is 0.291. The molecule has 2 amide bonds. The number of aromatic nitrogens is 2. The summed E-state index contributed by atoms with van der Waals surface area (Å²) in [6, 6.07) is 9.32. The van der Waals surface area contributed by atoms with Gasteiger partial charge in [-0.2, -0.15) is 0 Å². The lowest BCUT2D eigenvalue weighted by atomic mass is 10.3. The second-order valence-electron chi connectivity index (χ2n) is 5.02. The fourth-order valence-corrected chi connectivity index (χ4v) is 4.18. The molecule has 3 aromatic rings. The summed E-state index contributed by atoms with van der Waals surface area (Å²) in [7, 11) is 0. The van der Waals surface area contributed by atoms with Crippen molar-refractivity contribution in [3.8, 4) is 0 Å². The zero-order valence-electron chi connectivity index (χ0n) is 13.3. The van der Waals surface area contributed by atoms with Crippen LogP contribution in [-0.4, -0.2) is 27.8 Å². The number of nitrogens with zero attached hydrogens (tertiary/aromatic N) is 2. The molecule has 0 unspecified atom stereocenters. The van der Waals surface area contributed by atoms with Crippen molar-refractivity contribution in [2.45, 2.75) is 10.8 Å². The molecule has 0 radical (unpaired) electrons. The normalized spacial score (nSPS) is 10.5. The number of carbonyl (C=O) groups is 2. The van der Waals surface area contributed by atoms with E-state index >= 15 is 0 Å². The van der Waals surface area contributed by atoms with Gasteiger partial charge in [-0.15, -0.1) is 21.5 Å². The summed E-state index contributed by atoms with van der Waals surface area (Å²) in [5, 5.41) is 15.5. The second kappa shape index (κ2) is 8.88. The molecular weight excluding hydrogens is 395 g/mol. The van der Waals surface area contributed by atoms with E-state index < -0.39 is 0 Å². The summed E-state index contributed by atoms with van der Waals surface area (Å²) in [5.41, 5.74) is 0.524. The van der Waals surface area contributed by atoms with E-state index in [0.717, 1.165) is 4.88 Å². The van der Waals surface area contributed by atoms with Gasteiger partial charge in [-0.1, -0.05) is 29.2 Å². The van der Waals surface area contributed by atoms with Crippen LogP contribution in [0.1, 0.15) is 4.88 Å². The van der Waals surface area contributed by atoms with Crippen molar-refractivity contribution in [2.75, 3.05) is 16.4 Å². The summed E-state index contributed by atoms with van der Waals surface area (Å²) in [5.74, 6) is -0.621. The van der Waals surface area contributed by atoms with Crippen LogP contribution in [0.5, 0.6) is 0 Å². The molecule has 0 saturated heterocycles. The van der Waals surface area contributed by atoms with Crippen LogP contribution in [0.15, 0.2) is 46.1 Å². The van der Waals surface area contributed by atoms with Crippen LogP contribution in [-0.2, 0) is 16.0 Å². The third kappa shape index (κ3) is 5.61. The van der Waals surface area contributed by atoms with E-state index in [1.165, 1.54) is 58.7 Å². The summed E-state index contributed by atoms with van der Waals surface area (Å²) in [4.78, 5) is 24.8. The van der Waals surface area contributed by atoms with Gasteiger partial charge in [0.1, 0.15) is 5.82 Å². The molecule has 2 aromatic heterocycles. The van der Waals surface area contributed by atoms with Crippen molar-refractivity contribution in [2.24, 2.45) is 0 Å². The number of rotatable bonds is 7. The first-order chi connectivity index (χ1) is 12.6. The van der Waals surface area contributed by atoms with Crippen molar-refractivity contribution in [1.82, 2.24) is 10.2 Å². The zero-order valence-corrected chi connectivity index (χ0v) is 15.7. The summed E-state index contributed by atoms with van der Waals surface area (Å²) < 4.78 is 13.4. The third-order valence-electron chi connectivity index (χ3n) is 3.02. The largest absolute Gasteiger partial charge is 0.325 e. The van der Waals surface area contributed by atoms with E-state index in [2.05, 4.69) is 20.8 Å². The van der Waals surface area contributed by atoms with Gasteiger partial charge in [-0.05, 0) is 35.7 Å². The fraction of sp³-hybridized carbons (Fsp3) is 0.125. The number of anilines is 2. The fourth-order valence-electron chi connectivity index (χ4n) is 1.91. The first-order valence-corrected chi connectivity index (χ1v) is 10.1. The molecule has 2 heterocycles. The van der Waals surface area contributed by atoms with Gasteiger partial charge >= 0.3 is 0 Å². The van der Waals surface area contributed by atoms with E-state index in [0.29, 0.717) is 21.6 Å². The van der Waals surface area contributed by atoms with E-state index in [1.807, 2.05) is 17.5 Å². The van der Waals surface area contributed by atoms with Crippen LogP contribution in [0, 0.1) is 5.82 Å². The summed E-state index contributed by atoms with van der Waals surface area (Å²) >= 11 is 3.94. The highest BCUT2D eigenvalue weighted by molar-refractivity contribution is 8.01. The molecule has 134 valence electrons. The minimum Gasteiger partial charge on any atom is -0.325 e. The second-order valence-corrected chi connectivity index (χ2v) is 8.25. The lowest BCUT2D eigenvalue weighted by molar-refractivity contribution is -0.115. The standard InChI is InChI=1S/C16H13FN4O2S3/c17-10-3-5-11(6-4-10)18-14(23)9-25-16-21-20-15(26-16)19-13(22)8-12-2-1-7-24-12/h1-7H,8-9H2,(H,18,23)(H,19,20,22). The van der Waals surface area contributed by atoms with Crippen LogP contribution in [0.25, 0.3) is 0 Å². The number of benzene rings is 1. The Morgan fingerprint density at radius 1 is 1.08 bits per heavy atom. The van der Waals surface area contributed by atoms with Crippen LogP contribution >= 0.6 is 34.4 Å². The number of nitrogens with one attached hydrogen (secondary N) is 2. The van der Waals surface area contributed by atoms with Crippen molar-refractivity contribution in [3.05, 3.63) is 52.5 Å². The van der Waals surface area contributed by atoms with Gasteiger partial charge in [-0.25, -0.2) is 4.39 Å². The predicted octanol–water partition coefficient (Wildman–Crippen LogP) is 3.65. The first-order valence-electron chi connectivity index (χ1n) is 7.42. The van der Waals surface area contributed by atoms with Crippen molar-refractivity contribution in [1.29, 1.82) is 0 Å². The van der Waals surface area contributed by atoms with Crippen molar-refractivity contribution < 1.29 is 14.0 Å². The topological polar surface area (TPSA) is 84.0 Å². The maximum Gasteiger partial charge on any atom is 0.234 e. The number of thioether (sulfide) groups is 1. The molecule has 0 bridgehead atoms. The highest BCUT2D eigenvalue weighted by atomic mass is 32.2. The van der Waals surface area contributed by atoms with Crippen molar-refractivity contribution in [3.63, 3.8) is 0 Å². The van der Waals surface area contributed by atoms with Gasteiger partial charge in [0.25, 0.3) is 0 Å².